The van der Waals surface area contributed by atoms with Crippen molar-refractivity contribution >= 4 is 11.4 Å². The van der Waals surface area contributed by atoms with Crippen LogP contribution in [0.1, 0.15) is 88.8 Å². The highest BCUT2D eigenvalue weighted by Crippen LogP contribution is 2.23. The van der Waals surface area contributed by atoms with Crippen molar-refractivity contribution in [2.24, 2.45) is 0 Å². The van der Waals surface area contributed by atoms with Crippen LogP contribution < -0.4 is 21.5 Å². The molecule has 1 heterocycles. The number of anilines is 2. The molecule has 0 unspecified atom stereocenters. The van der Waals surface area contributed by atoms with Gasteiger partial charge in [-0.15, -0.1) is 5.10 Å². The highest BCUT2D eigenvalue weighted by Gasteiger charge is 2.27. The van der Waals surface area contributed by atoms with Gasteiger partial charge in [0, 0.05) is 22.7 Å². The highest BCUT2D eigenvalue weighted by molar-refractivity contribution is 5.75. The van der Waals surface area contributed by atoms with Crippen molar-refractivity contribution in [2.75, 3.05) is 10.6 Å². The molecule has 29 heavy (non-hydrogen) atoms. The summed E-state index contributed by atoms with van der Waals surface area (Å²) in [7, 11) is 0. The Morgan fingerprint density at radius 1 is 0.724 bits per heavy atom. The van der Waals surface area contributed by atoms with Gasteiger partial charge >= 0.3 is 0 Å². The summed E-state index contributed by atoms with van der Waals surface area (Å²) in [6.07, 6.45) is 2.03. The smallest absolute Gasteiger partial charge is 0.253 e. The minimum Gasteiger partial charge on any atom is -0.375 e. The van der Waals surface area contributed by atoms with Gasteiger partial charge in [0.2, 0.25) is 0 Å². The van der Waals surface area contributed by atoms with Gasteiger partial charge in [0.05, 0.1) is 11.2 Å². The summed E-state index contributed by atoms with van der Waals surface area (Å²) in [6, 6.07) is 0. The molecule has 0 aliphatic rings. The van der Waals surface area contributed by atoms with E-state index in [1.807, 2.05) is 52.4 Å². The van der Waals surface area contributed by atoms with Gasteiger partial charge in [0.1, 0.15) is 11.4 Å². The van der Waals surface area contributed by atoms with E-state index in [1.54, 1.807) is 0 Å². The molecule has 0 spiro atoms. The minimum absolute atomic E-state index is 0.0243. The Morgan fingerprint density at radius 3 is 1.31 bits per heavy atom. The number of hydrogen-bond donors (Lipinski definition) is 2. The number of rotatable bonds is 2. The molecular formula is C22H39N5O2. The molecule has 0 aliphatic heterocycles. The fraction of sp³-hybridized carbons (Fsp3) is 0.727. The molecule has 164 valence electrons. The summed E-state index contributed by atoms with van der Waals surface area (Å²) in [4.78, 5) is 22.9. The molecule has 7 heteroatoms. The monoisotopic (exact) mass is 405 g/mol. The van der Waals surface area contributed by atoms with E-state index in [4.69, 9.17) is 0 Å². The molecule has 0 bridgehead atoms. The van der Waals surface area contributed by atoms with Crippen LogP contribution in [-0.4, -0.2) is 26.1 Å². The minimum atomic E-state index is -0.429. The molecule has 0 atom stereocenters. The van der Waals surface area contributed by atoms with E-state index >= 15 is 0 Å². The second kappa shape index (κ2) is 7.92. The second-order valence-electron chi connectivity index (χ2n) is 11.6. The Labute approximate surface area is 175 Å². The van der Waals surface area contributed by atoms with E-state index in [-0.39, 0.29) is 22.0 Å². The summed E-state index contributed by atoms with van der Waals surface area (Å²) >= 11 is 0. The van der Waals surface area contributed by atoms with Crippen molar-refractivity contribution in [3.05, 3.63) is 32.3 Å². The predicted octanol–water partition coefficient (Wildman–Crippen LogP) is 4.03. The van der Waals surface area contributed by atoms with Crippen LogP contribution in [0.15, 0.2) is 15.8 Å². The molecule has 0 amide bonds. The van der Waals surface area contributed by atoms with Crippen molar-refractivity contribution in [1.82, 2.24) is 15.0 Å². The van der Waals surface area contributed by atoms with Gasteiger partial charge < -0.3 is 10.6 Å². The fourth-order valence-corrected chi connectivity index (χ4v) is 2.32. The van der Waals surface area contributed by atoms with Crippen molar-refractivity contribution < 1.29 is 0 Å². The van der Waals surface area contributed by atoms with Crippen LogP contribution in [0.2, 0.25) is 0 Å². The zero-order valence-electron chi connectivity index (χ0n) is 20.2. The Morgan fingerprint density at radius 2 is 1.10 bits per heavy atom. The first-order valence-corrected chi connectivity index (χ1v) is 10.1. The predicted molar refractivity (Wildman–Crippen MR) is 122 cm³/mol. The lowest BCUT2D eigenvalue weighted by Crippen LogP contribution is -2.44. The molecule has 1 aromatic carbocycles. The molecule has 2 N–H and O–H groups in total. The van der Waals surface area contributed by atoms with Gasteiger partial charge in [-0.05, 0) is 62.3 Å². The van der Waals surface area contributed by atoms with Crippen molar-refractivity contribution in [3.8, 4) is 0 Å². The molecule has 2 rings (SSSR count). The fourth-order valence-electron chi connectivity index (χ4n) is 2.32. The van der Waals surface area contributed by atoms with Gasteiger partial charge in [-0.25, -0.2) is 4.68 Å². The number of nitrogens with zero attached hydrogens (tertiary/aromatic N) is 3. The van der Waals surface area contributed by atoms with E-state index in [1.165, 1.54) is 0 Å². The van der Waals surface area contributed by atoms with Crippen LogP contribution in [0.25, 0.3) is 0 Å². The molecule has 1 aromatic heterocycles. The number of aromatic nitrogens is 3. The van der Waals surface area contributed by atoms with Crippen molar-refractivity contribution in [2.45, 2.75) is 105 Å². The largest absolute Gasteiger partial charge is 0.375 e. The van der Waals surface area contributed by atoms with Crippen molar-refractivity contribution in [1.29, 1.82) is 0 Å². The average molecular weight is 406 g/mol. The first-order chi connectivity index (χ1) is 12.7. The Balaban J connectivity index is 0.000000296. The van der Waals surface area contributed by atoms with Gasteiger partial charge in [0.25, 0.3) is 10.9 Å². The topological polar surface area (TPSA) is 88.9 Å². The van der Waals surface area contributed by atoms with Gasteiger partial charge in [-0.3, -0.25) is 9.59 Å². The summed E-state index contributed by atoms with van der Waals surface area (Å²) in [5, 5.41) is 14.4. The summed E-state index contributed by atoms with van der Waals surface area (Å²) in [5.41, 5.74) is 0.665. The maximum atomic E-state index is 11.4. The van der Waals surface area contributed by atoms with Crippen LogP contribution in [0, 0.1) is 0 Å². The zero-order chi connectivity index (χ0) is 23.0. The van der Waals surface area contributed by atoms with Crippen LogP contribution in [0.5, 0.6) is 0 Å². The first kappa shape index (κ1) is 24.9. The van der Waals surface area contributed by atoms with Gasteiger partial charge in [-0.2, -0.15) is 0 Å². The maximum absolute atomic E-state index is 11.4. The average Bonchev–Trinajstić information content (AvgIpc) is 2.99. The summed E-state index contributed by atoms with van der Waals surface area (Å²) in [5.74, 6) is 0. The quantitative estimate of drug-likeness (QED) is 0.733. The maximum Gasteiger partial charge on any atom is 0.253 e. The molecule has 7 nitrogen and oxygen atoms in total. The third-order valence-corrected chi connectivity index (χ3v) is 3.86. The first-order valence-electron chi connectivity index (χ1n) is 10.1. The van der Waals surface area contributed by atoms with E-state index in [9.17, 15) is 9.59 Å². The zero-order valence-corrected chi connectivity index (χ0v) is 20.2. The normalized spacial score (nSPS) is 13.1. The lowest BCUT2D eigenvalue weighted by molar-refractivity contribution is 0.346. The highest BCUT2D eigenvalue weighted by atomic mass is 16.2. The molecular weight excluding hydrogens is 366 g/mol. The lowest BCUT2D eigenvalue weighted by atomic mass is 9.93. The van der Waals surface area contributed by atoms with E-state index in [0.717, 1.165) is 5.69 Å². The van der Waals surface area contributed by atoms with Gasteiger partial charge in [0.15, 0.2) is 0 Å². The molecule has 0 saturated heterocycles. The summed E-state index contributed by atoms with van der Waals surface area (Å²) in [6.45, 7) is 24.5. The summed E-state index contributed by atoms with van der Waals surface area (Å²) < 4.78 is 1.91. The van der Waals surface area contributed by atoms with Crippen LogP contribution in [-0.2, 0) is 11.0 Å². The lowest BCUT2D eigenvalue weighted by Gasteiger charge is -2.28. The second-order valence-corrected chi connectivity index (χ2v) is 11.6. The standard InChI is InChI=1S/C12H20N2O2.C10H19N3/c1-11(2,3)13-7-8(10(16)9(7)15)14-12(4,5)6;1-9(2,3)8-7-13(12-11-8)10(4,5)6/h13-14H,1-6H3;7H,1-6H3. The third-order valence-electron chi connectivity index (χ3n) is 3.86. The third kappa shape index (κ3) is 7.29. The van der Waals surface area contributed by atoms with Gasteiger partial charge in [-0.1, -0.05) is 26.0 Å². The molecule has 0 saturated carbocycles. The molecule has 0 aliphatic carbocycles. The van der Waals surface area contributed by atoms with Crippen LogP contribution in [0.3, 0.4) is 0 Å². The number of nitrogens with one attached hydrogen (secondary N) is 2. The number of hydrogen-bond acceptors (Lipinski definition) is 6. The van der Waals surface area contributed by atoms with Crippen LogP contribution >= 0.6 is 0 Å². The van der Waals surface area contributed by atoms with E-state index < -0.39 is 10.9 Å². The SMILES string of the molecule is CC(C)(C)Nc1c(NC(C)(C)C)c(=O)c1=O.CC(C)(C)c1cn(C(C)(C)C)nn1. The Kier molecular flexibility index (Phi) is 6.79. The van der Waals surface area contributed by atoms with E-state index in [2.05, 4.69) is 62.5 Å². The van der Waals surface area contributed by atoms with Crippen molar-refractivity contribution in [3.63, 3.8) is 0 Å². The molecule has 0 fully saturated rings. The van der Waals surface area contributed by atoms with Crippen LogP contribution in [0.4, 0.5) is 11.4 Å². The molecule has 2 aromatic rings. The van der Waals surface area contributed by atoms with E-state index in [0.29, 0.717) is 11.4 Å². The Hall–Kier alpha value is -2.18. The molecule has 0 radical (unpaired) electrons. The Bertz CT molecular complexity index is 818.